The Hall–Kier alpha value is -3.26. The summed E-state index contributed by atoms with van der Waals surface area (Å²) in [5.41, 5.74) is 0.809. The van der Waals surface area contributed by atoms with E-state index in [9.17, 15) is 14.4 Å². The monoisotopic (exact) mass is 447 g/mol. The van der Waals surface area contributed by atoms with Gasteiger partial charge in [0, 0.05) is 29.4 Å². The number of hydrogen-bond donors (Lipinski definition) is 3. The number of methoxy groups -OCH3 is 1. The zero-order valence-electron chi connectivity index (χ0n) is 17.9. The molecular formula is C22H26ClN3O5. The average Bonchev–Trinajstić information content (AvgIpc) is 2.68. The number of carbonyl (C=O) groups is 3. The van der Waals surface area contributed by atoms with E-state index in [1.165, 1.54) is 13.2 Å². The molecule has 0 aliphatic rings. The number of carbonyl (C=O) groups excluding carboxylic acids is 3. The highest BCUT2D eigenvalue weighted by molar-refractivity contribution is 6.31. The van der Waals surface area contributed by atoms with E-state index in [1.54, 1.807) is 57.2 Å². The number of alkyl carbamates (subject to hydrolysis) is 1. The van der Waals surface area contributed by atoms with Gasteiger partial charge < -0.3 is 25.4 Å². The van der Waals surface area contributed by atoms with Crippen LogP contribution in [0.15, 0.2) is 42.5 Å². The minimum atomic E-state index is -0.596. The smallest absolute Gasteiger partial charge is 0.407 e. The van der Waals surface area contributed by atoms with Crippen molar-refractivity contribution in [2.75, 3.05) is 24.3 Å². The molecule has 0 radical (unpaired) electrons. The lowest BCUT2D eigenvalue weighted by molar-refractivity contribution is -0.116. The molecule has 0 saturated carbocycles. The molecule has 0 aliphatic heterocycles. The predicted molar refractivity (Wildman–Crippen MR) is 120 cm³/mol. The lowest BCUT2D eigenvalue weighted by Gasteiger charge is -2.19. The van der Waals surface area contributed by atoms with Crippen molar-refractivity contribution in [2.45, 2.75) is 32.8 Å². The van der Waals surface area contributed by atoms with Gasteiger partial charge in [-0.2, -0.15) is 0 Å². The number of benzene rings is 2. The Morgan fingerprint density at radius 2 is 1.58 bits per heavy atom. The molecule has 0 atom stereocenters. The molecule has 9 heteroatoms. The second-order valence-corrected chi connectivity index (χ2v) is 8.04. The number of ether oxygens (including phenoxy) is 2. The molecule has 31 heavy (non-hydrogen) atoms. The van der Waals surface area contributed by atoms with Crippen LogP contribution in [0.5, 0.6) is 5.75 Å². The zero-order valence-corrected chi connectivity index (χ0v) is 18.6. The van der Waals surface area contributed by atoms with Crippen molar-refractivity contribution in [2.24, 2.45) is 0 Å². The molecule has 0 unspecified atom stereocenters. The molecule has 8 nitrogen and oxygen atoms in total. The highest BCUT2D eigenvalue weighted by Gasteiger charge is 2.16. The first-order valence-corrected chi connectivity index (χ1v) is 9.97. The van der Waals surface area contributed by atoms with Gasteiger partial charge in [-0.3, -0.25) is 9.59 Å². The Bertz CT molecular complexity index is 939. The van der Waals surface area contributed by atoms with E-state index in [2.05, 4.69) is 16.0 Å². The topological polar surface area (TPSA) is 106 Å². The summed E-state index contributed by atoms with van der Waals surface area (Å²) in [7, 11) is 1.47. The van der Waals surface area contributed by atoms with E-state index in [4.69, 9.17) is 21.1 Å². The standard InChI is InChI=1S/C22H26ClN3O5/c1-22(2,3)31-21(29)24-12-11-19(27)25-15-6-8-16(9-7-15)26-20(28)17-13-14(23)5-10-18(17)30-4/h5-10,13H,11-12H2,1-4H3,(H,24,29)(H,25,27)(H,26,28). The highest BCUT2D eigenvalue weighted by atomic mass is 35.5. The lowest BCUT2D eigenvalue weighted by Crippen LogP contribution is -2.34. The predicted octanol–water partition coefficient (Wildman–Crippen LogP) is 4.45. The maximum absolute atomic E-state index is 12.5. The summed E-state index contributed by atoms with van der Waals surface area (Å²) >= 11 is 5.97. The van der Waals surface area contributed by atoms with Gasteiger partial charge in [0.1, 0.15) is 11.4 Å². The third-order valence-corrected chi connectivity index (χ3v) is 4.09. The number of anilines is 2. The Labute approximate surface area is 186 Å². The molecule has 0 aromatic heterocycles. The van der Waals surface area contributed by atoms with Crippen LogP contribution in [0.3, 0.4) is 0 Å². The van der Waals surface area contributed by atoms with Crippen molar-refractivity contribution in [3.8, 4) is 5.75 Å². The molecule has 0 fully saturated rings. The number of amides is 3. The van der Waals surface area contributed by atoms with Crippen molar-refractivity contribution < 1.29 is 23.9 Å². The van der Waals surface area contributed by atoms with Crippen LogP contribution in [-0.2, 0) is 9.53 Å². The minimum Gasteiger partial charge on any atom is -0.496 e. The molecule has 2 aromatic carbocycles. The normalized spacial score (nSPS) is 10.7. The largest absolute Gasteiger partial charge is 0.496 e. The third-order valence-electron chi connectivity index (χ3n) is 3.85. The summed E-state index contributed by atoms with van der Waals surface area (Å²) in [6.07, 6.45) is -0.483. The van der Waals surface area contributed by atoms with Crippen molar-refractivity contribution in [1.82, 2.24) is 5.32 Å². The van der Waals surface area contributed by atoms with Gasteiger partial charge in [0.25, 0.3) is 5.91 Å². The van der Waals surface area contributed by atoms with Crippen LogP contribution in [0.25, 0.3) is 0 Å². The van der Waals surface area contributed by atoms with Gasteiger partial charge in [-0.05, 0) is 63.2 Å². The first-order valence-electron chi connectivity index (χ1n) is 9.59. The van der Waals surface area contributed by atoms with Gasteiger partial charge >= 0.3 is 6.09 Å². The molecule has 3 amide bonds. The number of nitrogens with one attached hydrogen (secondary N) is 3. The summed E-state index contributed by atoms with van der Waals surface area (Å²) in [5.74, 6) is -0.230. The van der Waals surface area contributed by atoms with E-state index < -0.39 is 11.7 Å². The Balaban J connectivity index is 1.85. The number of halogens is 1. The van der Waals surface area contributed by atoms with Crippen LogP contribution < -0.4 is 20.7 Å². The van der Waals surface area contributed by atoms with Crippen molar-refractivity contribution in [3.05, 3.63) is 53.1 Å². The molecule has 0 aliphatic carbocycles. The second kappa shape index (κ2) is 10.7. The van der Waals surface area contributed by atoms with E-state index >= 15 is 0 Å². The molecule has 0 spiro atoms. The summed E-state index contributed by atoms with van der Waals surface area (Å²) in [6.45, 7) is 5.43. The van der Waals surface area contributed by atoms with Crippen LogP contribution in [-0.4, -0.2) is 37.2 Å². The summed E-state index contributed by atoms with van der Waals surface area (Å²) in [4.78, 5) is 36.1. The fourth-order valence-electron chi connectivity index (χ4n) is 2.51. The van der Waals surface area contributed by atoms with Gasteiger partial charge in [-0.1, -0.05) is 11.6 Å². The van der Waals surface area contributed by atoms with Crippen molar-refractivity contribution in [3.63, 3.8) is 0 Å². The molecule has 0 heterocycles. The van der Waals surface area contributed by atoms with Gasteiger partial charge in [0.2, 0.25) is 5.91 Å². The number of rotatable bonds is 7. The molecular weight excluding hydrogens is 422 g/mol. The summed E-state index contributed by atoms with van der Waals surface area (Å²) < 4.78 is 10.3. The Morgan fingerprint density at radius 3 is 2.16 bits per heavy atom. The van der Waals surface area contributed by atoms with Crippen LogP contribution >= 0.6 is 11.6 Å². The number of hydrogen-bond acceptors (Lipinski definition) is 5. The molecule has 3 N–H and O–H groups in total. The third kappa shape index (κ3) is 8.18. The quantitative estimate of drug-likeness (QED) is 0.581. The van der Waals surface area contributed by atoms with Crippen LogP contribution in [0.4, 0.5) is 16.2 Å². The second-order valence-electron chi connectivity index (χ2n) is 7.60. The van der Waals surface area contributed by atoms with Gasteiger partial charge in [-0.25, -0.2) is 4.79 Å². The van der Waals surface area contributed by atoms with E-state index in [0.717, 1.165) is 0 Å². The maximum atomic E-state index is 12.5. The van der Waals surface area contributed by atoms with Crippen molar-refractivity contribution >= 4 is 40.9 Å². The van der Waals surface area contributed by atoms with Gasteiger partial charge in [0.15, 0.2) is 0 Å². The summed E-state index contributed by atoms with van der Waals surface area (Å²) in [5, 5.41) is 8.42. The fraction of sp³-hybridized carbons (Fsp3) is 0.318. The minimum absolute atomic E-state index is 0.0896. The average molecular weight is 448 g/mol. The molecule has 0 saturated heterocycles. The highest BCUT2D eigenvalue weighted by Crippen LogP contribution is 2.24. The van der Waals surface area contributed by atoms with Crippen LogP contribution in [0.1, 0.15) is 37.6 Å². The Kier molecular flexibility index (Phi) is 8.27. The zero-order chi connectivity index (χ0) is 23.0. The van der Waals surface area contributed by atoms with Gasteiger partial charge in [-0.15, -0.1) is 0 Å². The SMILES string of the molecule is COc1ccc(Cl)cc1C(=O)Nc1ccc(NC(=O)CCNC(=O)OC(C)(C)C)cc1. The van der Waals surface area contributed by atoms with Gasteiger partial charge in [0.05, 0.1) is 12.7 Å². The molecule has 166 valence electrons. The van der Waals surface area contributed by atoms with Crippen LogP contribution in [0, 0.1) is 0 Å². The molecule has 0 bridgehead atoms. The lowest BCUT2D eigenvalue weighted by atomic mass is 10.1. The van der Waals surface area contributed by atoms with Crippen LogP contribution in [0.2, 0.25) is 5.02 Å². The molecule has 2 aromatic rings. The fourth-order valence-corrected chi connectivity index (χ4v) is 2.68. The first-order chi connectivity index (χ1) is 14.6. The van der Waals surface area contributed by atoms with Crippen molar-refractivity contribution in [1.29, 1.82) is 0 Å². The van der Waals surface area contributed by atoms with E-state index in [-0.39, 0.29) is 24.8 Å². The summed E-state index contributed by atoms with van der Waals surface area (Å²) in [6, 6.07) is 11.4. The van der Waals surface area contributed by atoms with E-state index in [0.29, 0.717) is 27.7 Å². The first kappa shape index (κ1) is 24.0. The molecule has 2 rings (SSSR count). The Morgan fingerprint density at radius 1 is 0.968 bits per heavy atom. The van der Waals surface area contributed by atoms with E-state index in [1.807, 2.05) is 0 Å². The maximum Gasteiger partial charge on any atom is 0.407 e.